The summed E-state index contributed by atoms with van der Waals surface area (Å²) in [6.45, 7) is 4.47. The summed E-state index contributed by atoms with van der Waals surface area (Å²) in [6.07, 6.45) is -0.724. The van der Waals surface area contributed by atoms with Crippen molar-refractivity contribution in [3.8, 4) is 22.1 Å². The minimum absolute atomic E-state index is 0.158. The first-order valence-corrected chi connectivity index (χ1v) is 9.55. The summed E-state index contributed by atoms with van der Waals surface area (Å²) in [5.74, 6) is 1.38. The van der Waals surface area contributed by atoms with Crippen LogP contribution in [0.4, 0.5) is 5.13 Å². The molecule has 0 radical (unpaired) electrons. The van der Waals surface area contributed by atoms with E-state index in [1.54, 1.807) is 6.07 Å². The van der Waals surface area contributed by atoms with E-state index in [-0.39, 0.29) is 12.5 Å². The van der Waals surface area contributed by atoms with Gasteiger partial charge in [0.25, 0.3) is 5.91 Å². The van der Waals surface area contributed by atoms with E-state index in [0.29, 0.717) is 22.5 Å². The van der Waals surface area contributed by atoms with Crippen LogP contribution in [0.5, 0.6) is 11.5 Å². The highest BCUT2D eigenvalue weighted by Crippen LogP contribution is 2.32. The Morgan fingerprint density at radius 1 is 1.11 bits per heavy atom. The lowest BCUT2D eigenvalue weighted by molar-refractivity contribution is -0.125. The van der Waals surface area contributed by atoms with Gasteiger partial charge in [-0.05, 0) is 23.6 Å². The third-order valence-corrected chi connectivity index (χ3v) is 5.17. The molecular weight excluding hydrogens is 362 g/mol. The molecule has 0 fully saturated rings. The number of fused-ring (bicyclic) bond motifs is 1. The first kappa shape index (κ1) is 17.5. The highest BCUT2D eigenvalue weighted by molar-refractivity contribution is 7.18. The molecule has 138 valence electrons. The number of para-hydroxylation sites is 2. The number of carbonyl (C=O) groups is 1. The largest absolute Gasteiger partial charge is 0.485 e. The molecule has 7 heteroatoms. The van der Waals surface area contributed by atoms with Crippen molar-refractivity contribution >= 4 is 22.4 Å². The number of hydrogen-bond acceptors (Lipinski definition) is 6. The standard InChI is InChI=1S/C20H19N3O3S/c1-12(2)13-7-9-14(10-8-13)19-22-23-20(27-19)21-18(24)17-11-25-15-5-3-4-6-16(15)26-17/h3-10,12,17H,11H2,1-2H3,(H,21,23,24)/t17-/m1/s1. The van der Waals surface area contributed by atoms with E-state index in [4.69, 9.17) is 9.47 Å². The molecule has 1 N–H and O–H groups in total. The van der Waals surface area contributed by atoms with Gasteiger partial charge in [0.15, 0.2) is 11.5 Å². The summed E-state index contributed by atoms with van der Waals surface area (Å²) in [6, 6.07) is 15.5. The fourth-order valence-electron chi connectivity index (χ4n) is 2.74. The Labute approximate surface area is 161 Å². The lowest BCUT2D eigenvalue weighted by atomic mass is 10.0. The van der Waals surface area contributed by atoms with Crippen molar-refractivity contribution in [2.75, 3.05) is 11.9 Å². The summed E-state index contributed by atoms with van der Waals surface area (Å²) >= 11 is 1.33. The lowest BCUT2D eigenvalue weighted by Crippen LogP contribution is -2.40. The summed E-state index contributed by atoms with van der Waals surface area (Å²) in [4.78, 5) is 12.5. The summed E-state index contributed by atoms with van der Waals surface area (Å²) < 4.78 is 11.3. The molecular formula is C20H19N3O3S. The van der Waals surface area contributed by atoms with Gasteiger partial charge in [-0.3, -0.25) is 10.1 Å². The normalized spacial score (nSPS) is 15.6. The number of ether oxygens (including phenoxy) is 2. The predicted octanol–water partition coefficient (Wildman–Crippen LogP) is 4.11. The molecule has 1 amide bonds. The fourth-order valence-corrected chi connectivity index (χ4v) is 3.49. The molecule has 27 heavy (non-hydrogen) atoms. The number of nitrogens with zero attached hydrogens (tertiary/aromatic N) is 2. The average Bonchev–Trinajstić information content (AvgIpc) is 3.16. The van der Waals surface area contributed by atoms with Crippen LogP contribution in [0.1, 0.15) is 25.3 Å². The molecule has 6 nitrogen and oxygen atoms in total. The van der Waals surface area contributed by atoms with Crippen molar-refractivity contribution < 1.29 is 14.3 Å². The van der Waals surface area contributed by atoms with Crippen LogP contribution in [0.3, 0.4) is 0 Å². The van der Waals surface area contributed by atoms with E-state index in [1.807, 2.05) is 30.3 Å². The smallest absolute Gasteiger partial charge is 0.270 e. The zero-order valence-electron chi connectivity index (χ0n) is 15.0. The number of nitrogens with one attached hydrogen (secondary N) is 1. The lowest BCUT2D eigenvalue weighted by Gasteiger charge is -2.25. The van der Waals surface area contributed by atoms with E-state index in [9.17, 15) is 4.79 Å². The predicted molar refractivity (Wildman–Crippen MR) is 104 cm³/mol. The van der Waals surface area contributed by atoms with Crippen molar-refractivity contribution in [2.24, 2.45) is 0 Å². The maximum absolute atomic E-state index is 12.5. The minimum Gasteiger partial charge on any atom is -0.485 e. The van der Waals surface area contributed by atoms with E-state index in [1.165, 1.54) is 16.9 Å². The SMILES string of the molecule is CC(C)c1ccc(-c2nnc(NC(=O)[C@H]3COc4ccccc4O3)s2)cc1. The fraction of sp³-hybridized carbons (Fsp3) is 0.250. The van der Waals surface area contributed by atoms with Gasteiger partial charge in [-0.15, -0.1) is 10.2 Å². The number of anilines is 1. The van der Waals surface area contributed by atoms with Crippen molar-refractivity contribution in [3.05, 3.63) is 54.1 Å². The molecule has 1 atom stereocenters. The molecule has 0 bridgehead atoms. The van der Waals surface area contributed by atoms with Crippen LogP contribution in [-0.2, 0) is 4.79 Å². The van der Waals surface area contributed by atoms with Crippen molar-refractivity contribution in [1.82, 2.24) is 10.2 Å². The topological polar surface area (TPSA) is 73.3 Å². The van der Waals surface area contributed by atoms with Gasteiger partial charge < -0.3 is 9.47 Å². The van der Waals surface area contributed by atoms with Crippen molar-refractivity contribution in [2.45, 2.75) is 25.9 Å². The van der Waals surface area contributed by atoms with Gasteiger partial charge in [0.1, 0.15) is 11.6 Å². The highest BCUT2D eigenvalue weighted by atomic mass is 32.1. The Bertz CT molecular complexity index is 953. The number of benzene rings is 2. The zero-order chi connectivity index (χ0) is 18.8. The monoisotopic (exact) mass is 381 g/mol. The number of hydrogen-bond donors (Lipinski definition) is 1. The molecule has 1 aliphatic heterocycles. The van der Waals surface area contributed by atoms with Crippen molar-refractivity contribution in [3.63, 3.8) is 0 Å². The van der Waals surface area contributed by atoms with Crippen LogP contribution < -0.4 is 14.8 Å². The molecule has 2 aromatic carbocycles. The molecule has 3 aromatic rings. The maximum atomic E-state index is 12.5. The van der Waals surface area contributed by atoms with Gasteiger partial charge in [-0.1, -0.05) is 61.6 Å². The Morgan fingerprint density at radius 3 is 2.59 bits per heavy atom. The van der Waals surface area contributed by atoms with Gasteiger partial charge in [0, 0.05) is 5.56 Å². The number of rotatable bonds is 4. The third kappa shape index (κ3) is 3.78. The van der Waals surface area contributed by atoms with Crippen LogP contribution >= 0.6 is 11.3 Å². The second kappa shape index (κ2) is 7.36. The van der Waals surface area contributed by atoms with Crippen LogP contribution in [0, 0.1) is 0 Å². The number of amides is 1. The van der Waals surface area contributed by atoms with E-state index in [0.717, 1.165) is 10.6 Å². The minimum atomic E-state index is -0.724. The first-order valence-electron chi connectivity index (χ1n) is 8.73. The molecule has 2 heterocycles. The van der Waals surface area contributed by atoms with Gasteiger partial charge >= 0.3 is 0 Å². The van der Waals surface area contributed by atoms with E-state index >= 15 is 0 Å². The Balaban J connectivity index is 1.43. The van der Waals surface area contributed by atoms with Gasteiger partial charge in [-0.2, -0.15) is 0 Å². The number of carbonyl (C=O) groups excluding carboxylic acids is 1. The van der Waals surface area contributed by atoms with Crippen LogP contribution in [0.15, 0.2) is 48.5 Å². The zero-order valence-corrected chi connectivity index (χ0v) is 15.8. The number of aromatic nitrogens is 2. The molecule has 1 aromatic heterocycles. The molecule has 1 aliphatic rings. The van der Waals surface area contributed by atoms with Crippen molar-refractivity contribution in [1.29, 1.82) is 0 Å². The maximum Gasteiger partial charge on any atom is 0.270 e. The van der Waals surface area contributed by atoms with Crippen LogP contribution in [0.25, 0.3) is 10.6 Å². The molecule has 0 spiro atoms. The Hall–Kier alpha value is -2.93. The summed E-state index contributed by atoms with van der Waals surface area (Å²) in [5, 5.41) is 12.2. The average molecular weight is 381 g/mol. The summed E-state index contributed by atoms with van der Waals surface area (Å²) in [7, 11) is 0. The van der Waals surface area contributed by atoms with Gasteiger partial charge in [0.2, 0.25) is 11.2 Å². The summed E-state index contributed by atoms with van der Waals surface area (Å²) in [5.41, 5.74) is 2.25. The van der Waals surface area contributed by atoms with E-state index in [2.05, 4.69) is 41.5 Å². The molecule has 0 unspecified atom stereocenters. The van der Waals surface area contributed by atoms with Gasteiger partial charge in [-0.25, -0.2) is 0 Å². The van der Waals surface area contributed by atoms with E-state index < -0.39 is 6.10 Å². The highest BCUT2D eigenvalue weighted by Gasteiger charge is 2.28. The first-order chi connectivity index (χ1) is 13.1. The van der Waals surface area contributed by atoms with Crippen LogP contribution in [-0.4, -0.2) is 28.8 Å². The van der Waals surface area contributed by atoms with Gasteiger partial charge in [0.05, 0.1) is 0 Å². The second-order valence-electron chi connectivity index (χ2n) is 6.54. The molecule has 0 saturated heterocycles. The Kier molecular flexibility index (Phi) is 4.77. The molecule has 0 aliphatic carbocycles. The van der Waals surface area contributed by atoms with Crippen LogP contribution in [0.2, 0.25) is 0 Å². The molecule has 0 saturated carbocycles. The Morgan fingerprint density at radius 2 is 1.85 bits per heavy atom. The quantitative estimate of drug-likeness (QED) is 0.736. The second-order valence-corrected chi connectivity index (χ2v) is 7.52. The molecule has 4 rings (SSSR count). The third-order valence-electron chi connectivity index (χ3n) is 4.28.